The monoisotopic (exact) mass is 226 g/mol. The topological polar surface area (TPSA) is 52.6 Å². The number of nitrogens with one attached hydrogen (secondary N) is 1. The van der Waals surface area contributed by atoms with Gasteiger partial charge >= 0.3 is 0 Å². The predicted octanol–water partition coefficient (Wildman–Crippen LogP) is 0.215. The number of hydrogen-bond donors (Lipinski definition) is 2. The Bertz CT molecular complexity index is 253. The highest BCUT2D eigenvalue weighted by Gasteiger charge is 2.34. The highest BCUT2D eigenvalue weighted by atomic mass is 16.3. The summed E-state index contributed by atoms with van der Waals surface area (Å²) in [5, 5.41) is 12.8. The van der Waals surface area contributed by atoms with Gasteiger partial charge in [-0.05, 0) is 25.8 Å². The van der Waals surface area contributed by atoms with Crippen molar-refractivity contribution in [1.82, 2.24) is 10.2 Å². The van der Waals surface area contributed by atoms with Crippen LogP contribution in [0, 0.1) is 11.8 Å². The third kappa shape index (κ3) is 2.95. The number of likely N-dealkylation sites (N-methyl/N-ethyl adjacent to an activating group) is 1. The lowest BCUT2D eigenvalue weighted by Gasteiger charge is -2.36. The van der Waals surface area contributed by atoms with E-state index in [0.717, 1.165) is 25.3 Å². The average Bonchev–Trinajstić information content (AvgIpc) is 3.05. The Kier molecular flexibility index (Phi) is 3.82. The van der Waals surface area contributed by atoms with Gasteiger partial charge in [-0.15, -0.1) is 0 Å². The first kappa shape index (κ1) is 11.9. The second-order valence-electron chi connectivity index (χ2n) is 5.17. The third-order valence-electron chi connectivity index (χ3n) is 3.71. The zero-order valence-corrected chi connectivity index (χ0v) is 9.98. The zero-order chi connectivity index (χ0) is 11.5. The van der Waals surface area contributed by atoms with Crippen molar-refractivity contribution in [2.24, 2.45) is 11.8 Å². The summed E-state index contributed by atoms with van der Waals surface area (Å²) in [6.45, 7) is 1.87. The number of carbonyl (C=O) groups is 1. The Balaban J connectivity index is 1.84. The van der Waals surface area contributed by atoms with Gasteiger partial charge in [0, 0.05) is 19.0 Å². The van der Waals surface area contributed by atoms with Crippen LogP contribution in [0.25, 0.3) is 0 Å². The van der Waals surface area contributed by atoms with Crippen LogP contribution in [0.15, 0.2) is 0 Å². The van der Waals surface area contributed by atoms with Gasteiger partial charge in [-0.2, -0.15) is 0 Å². The molecule has 2 fully saturated rings. The van der Waals surface area contributed by atoms with E-state index in [9.17, 15) is 9.90 Å². The molecule has 4 nitrogen and oxygen atoms in total. The van der Waals surface area contributed by atoms with Crippen LogP contribution in [0.5, 0.6) is 0 Å². The van der Waals surface area contributed by atoms with Gasteiger partial charge in [0.05, 0.1) is 12.6 Å². The van der Waals surface area contributed by atoms with Gasteiger partial charge in [0.15, 0.2) is 0 Å². The molecular formula is C12H22N2O2. The Morgan fingerprint density at radius 1 is 1.44 bits per heavy atom. The smallest absolute Gasteiger partial charge is 0.236 e. The van der Waals surface area contributed by atoms with Crippen LogP contribution in [0.1, 0.15) is 25.7 Å². The Labute approximate surface area is 97.0 Å². The molecule has 0 aromatic heterocycles. The predicted molar refractivity (Wildman–Crippen MR) is 62.0 cm³/mol. The number of nitrogens with zero attached hydrogens (tertiary/aromatic N) is 1. The minimum absolute atomic E-state index is 0.162. The van der Waals surface area contributed by atoms with Crippen molar-refractivity contribution < 1.29 is 9.90 Å². The van der Waals surface area contributed by atoms with Crippen molar-refractivity contribution in [3.8, 4) is 0 Å². The number of carbonyl (C=O) groups excluding carboxylic acids is 1. The molecule has 1 saturated heterocycles. The molecule has 16 heavy (non-hydrogen) atoms. The summed E-state index contributed by atoms with van der Waals surface area (Å²) >= 11 is 0. The molecule has 1 heterocycles. The second kappa shape index (κ2) is 5.15. The number of aliphatic hydroxyl groups is 1. The number of hydrogen-bond acceptors (Lipinski definition) is 3. The molecule has 0 aromatic carbocycles. The number of amides is 1. The summed E-state index contributed by atoms with van der Waals surface area (Å²) in [6.07, 6.45) is 4.28. The quantitative estimate of drug-likeness (QED) is 0.721. The molecule has 0 spiro atoms. The first-order valence-corrected chi connectivity index (χ1v) is 6.31. The van der Waals surface area contributed by atoms with Crippen LogP contribution in [-0.2, 0) is 4.79 Å². The lowest BCUT2D eigenvalue weighted by Crippen LogP contribution is -2.48. The second-order valence-corrected chi connectivity index (χ2v) is 5.17. The molecule has 1 amide bonds. The molecule has 1 saturated carbocycles. The normalized spacial score (nSPS) is 30.5. The van der Waals surface area contributed by atoms with E-state index in [0.29, 0.717) is 19.0 Å². The summed E-state index contributed by atoms with van der Waals surface area (Å²) in [5.41, 5.74) is 0. The van der Waals surface area contributed by atoms with Crippen molar-refractivity contribution in [3.05, 3.63) is 0 Å². The fourth-order valence-corrected chi connectivity index (χ4v) is 2.52. The number of aliphatic hydroxyl groups excluding tert-OH is 1. The van der Waals surface area contributed by atoms with Crippen LogP contribution in [0.4, 0.5) is 0 Å². The van der Waals surface area contributed by atoms with E-state index < -0.39 is 0 Å². The lowest BCUT2D eigenvalue weighted by molar-refractivity contribution is -0.134. The van der Waals surface area contributed by atoms with Crippen LogP contribution >= 0.6 is 0 Å². The number of piperidine rings is 1. The van der Waals surface area contributed by atoms with E-state index in [4.69, 9.17) is 0 Å². The highest BCUT2D eigenvalue weighted by molar-refractivity contribution is 5.78. The van der Waals surface area contributed by atoms with Gasteiger partial charge in [0.2, 0.25) is 5.91 Å². The zero-order valence-electron chi connectivity index (χ0n) is 9.98. The maximum absolute atomic E-state index is 11.7. The molecule has 0 bridgehead atoms. The summed E-state index contributed by atoms with van der Waals surface area (Å²) < 4.78 is 0. The largest absolute Gasteiger partial charge is 0.393 e. The van der Waals surface area contributed by atoms with Crippen molar-refractivity contribution >= 4 is 5.91 Å². The summed E-state index contributed by atoms with van der Waals surface area (Å²) in [6, 6.07) is 0. The standard InChI is InChI=1S/C12H22N2O2/c1-13-7-12(16)14-5-4-11(15)10(8-14)6-9-2-3-9/h9-11,13,15H,2-8H2,1H3/t10-,11-/m0/s1. The molecule has 4 heteroatoms. The minimum atomic E-state index is -0.195. The first-order valence-electron chi connectivity index (χ1n) is 6.31. The maximum atomic E-state index is 11.7. The summed E-state index contributed by atoms with van der Waals surface area (Å²) in [4.78, 5) is 13.6. The van der Waals surface area contributed by atoms with Crippen molar-refractivity contribution in [2.45, 2.75) is 31.8 Å². The van der Waals surface area contributed by atoms with Gasteiger partial charge in [-0.1, -0.05) is 12.8 Å². The van der Waals surface area contributed by atoms with Gasteiger partial charge in [0.25, 0.3) is 0 Å². The molecule has 2 N–H and O–H groups in total. The third-order valence-corrected chi connectivity index (χ3v) is 3.71. The van der Waals surface area contributed by atoms with E-state index in [-0.39, 0.29) is 12.0 Å². The summed E-state index contributed by atoms with van der Waals surface area (Å²) in [7, 11) is 1.79. The fraction of sp³-hybridized carbons (Fsp3) is 0.917. The molecule has 2 rings (SSSR count). The molecule has 0 aromatic rings. The Hall–Kier alpha value is -0.610. The van der Waals surface area contributed by atoms with Crippen LogP contribution in [0.2, 0.25) is 0 Å². The van der Waals surface area contributed by atoms with Crippen molar-refractivity contribution in [1.29, 1.82) is 0 Å². The Morgan fingerprint density at radius 3 is 2.81 bits per heavy atom. The van der Waals surface area contributed by atoms with E-state index in [1.54, 1.807) is 7.05 Å². The van der Waals surface area contributed by atoms with Gasteiger partial charge < -0.3 is 15.3 Å². The maximum Gasteiger partial charge on any atom is 0.236 e. The molecule has 0 radical (unpaired) electrons. The van der Waals surface area contributed by atoms with E-state index in [1.165, 1.54) is 12.8 Å². The molecule has 1 aliphatic heterocycles. The molecule has 92 valence electrons. The van der Waals surface area contributed by atoms with Gasteiger partial charge in [-0.3, -0.25) is 4.79 Å². The van der Waals surface area contributed by atoms with Crippen molar-refractivity contribution in [3.63, 3.8) is 0 Å². The molecule has 2 aliphatic rings. The van der Waals surface area contributed by atoms with E-state index in [2.05, 4.69) is 5.32 Å². The van der Waals surface area contributed by atoms with Crippen LogP contribution in [-0.4, -0.2) is 48.7 Å². The van der Waals surface area contributed by atoms with E-state index in [1.807, 2.05) is 4.90 Å². The fourth-order valence-electron chi connectivity index (χ4n) is 2.52. The van der Waals surface area contributed by atoms with Gasteiger partial charge in [0.1, 0.15) is 0 Å². The average molecular weight is 226 g/mol. The van der Waals surface area contributed by atoms with Crippen LogP contribution < -0.4 is 5.32 Å². The first-order chi connectivity index (χ1) is 7.70. The molecular weight excluding hydrogens is 204 g/mol. The van der Waals surface area contributed by atoms with Gasteiger partial charge in [-0.25, -0.2) is 0 Å². The van der Waals surface area contributed by atoms with E-state index >= 15 is 0 Å². The molecule has 0 unspecified atom stereocenters. The SMILES string of the molecule is CNCC(=O)N1CC[C@H](O)[C@@H](CC2CC2)C1. The van der Waals surface area contributed by atoms with Crippen LogP contribution in [0.3, 0.4) is 0 Å². The van der Waals surface area contributed by atoms with Crippen molar-refractivity contribution in [2.75, 3.05) is 26.7 Å². The minimum Gasteiger partial charge on any atom is -0.393 e. The molecule has 1 aliphatic carbocycles. The number of rotatable bonds is 4. The summed E-state index contributed by atoms with van der Waals surface area (Å²) in [5.74, 6) is 1.29. The Morgan fingerprint density at radius 2 is 2.19 bits per heavy atom. The number of likely N-dealkylation sites (tertiary alicyclic amines) is 1. The highest BCUT2D eigenvalue weighted by Crippen LogP contribution is 2.37. The molecule has 2 atom stereocenters. The lowest BCUT2D eigenvalue weighted by atomic mass is 9.90.